The van der Waals surface area contributed by atoms with Crippen molar-refractivity contribution in [2.75, 3.05) is 0 Å². The number of hydrogen-bond donors (Lipinski definition) is 0. The minimum absolute atomic E-state index is 0. The molecule has 10 heavy (non-hydrogen) atoms. The largest absolute Gasteiger partial charge is 0.304 e. The molecular weight excluding hydrogens is 309 g/mol. The zero-order chi connectivity index (χ0) is 6.24. The molecule has 5 heteroatoms. The van der Waals surface area contributed by atoms with Crippen molar-refractivity contribution in [3.05, 3.63) is 30.6 Å². The molecule has 46 valence electrons. The van der Waals surface area contributed by atoms with Gasteiger partial charge >= 0.3 is 53.4 Å². The Morgan fingerprint density at radius 2 is 2.00 bits per heavy atom. The second-order valence-corrected chi connectivity index (χ2v) is 0.953. The van der Waals surface area contributed by atoms with Crippen LogP contribution in [0.25, 0.3) is 0 Å². The van der Waals surface area contributed by atoms with Gasteiger partial charge in [0.05, 0.1) is 0 Å². The van der Waals surface area contributed by atoms with Gasteiger partial charge in [-0.25, -0.2) is 12.1 Å². The van der Waals surface area contributed by atoms with E-state index in [0.29, 0.717) is 0 Å². The van der Waals surface area contributed by atoms with E-state index in [1.807, 2.05) is 12.1 Å². The first-order valence-corrected chi connectivity index (χ1v) is 11.1. The molecular formula is C5H4ClILiNZn. The van der Waals surface area contributed by atoms with Crippen LogP contribution in [0.15, 0.2) is 24.5 Å². The quantitative estimate of drug-likeness (QED) is 0.269. The topological polar surface area (TPSA) is 12.9 Å². The normalized spacial score (nSPS) is 5.50. The second-order valence-electron chi connectivity index (χ2n) is 0.953. The fraction of sp³-hybridized carbons (Fsp3) is 0. The van der Waals surface area contributed by atoms with Crippen molar-refractivity contribution in [3.63, 3.8) is 0 Å². The van der Waals surface area contributed by atoms with Gasteiger partial charge in [0.1, 0.15) is 0 Å². The van der Waals surface area contributed by atoms with E-state index in [4.69, 9.17) is 0 Å². The Labute approximate surface area is 100 Å². The summed E-state index contributed by atoms with van der Waals surface area (Å²) in [6.07, 6.45) is 3.34. The minimum Gasteiger partial charge on any atom is -0.304 e. The average molecular weight is 313 g/mol. The van der Waals surface area contributed by atoms with Crippen LogP contribution < -0.4 is 31.3 Å². The second kappa shape index (κ2) is 16.8. The van der Waals surface area contributed by atoms with E-state index in [1.165, 1.54) is 14.8 Å². The molecule has 0 N–H and O–H groups in total. The van der Waals surface area contributed by atoms with Crippen molar-refractivity contribution in [1.82, 2.24) is 4.98 Å². The Hall–Kier alpha value is 1.39. The molecule has 0 aliphatic heterocycles. The van der Waals surface area contributed by atoms with Gasteiger partial charge in [0.2, 0.25) is 0 Å². The van der Waals surface area contributed by atoms with Crippen molar-refractivity contribution < 1.29 is 46.1 Å². The monoisotopic (exact) mass is 311 g/mol. The molecule has 0 bridgehead atoms. The predicted molar refractivity (Wildman–Crippen MR) is 37.1 cm³/mol. The van der Waals surface area contributed by atoms with Crippen LogP contribution >= 0.6 is 19.8 Å². The van der Waals surface area contributed by atoms with Crippen LogP contribution in [0.1, 0.15) is 0 Å². The summed E-state index contributed by atoms with van der Waals surface area (Å²) in [5, 5.41) is 0. The summed E-state index contributed by atoms with van der Waals surface area (Å²) in [7, 11) is 0. The van der Waals surface area contributed by atoms with E-state index in [-0.39, 0.29) is 31.3 Å². The number of pyridine rings is 1. The van der Waals surface area contributed by atoms with E-state index in [0.717, 1.165) is 0 Å². The van der Waals surface area contributed by atoms with Crippen LogP contribution in [-0.4, -0.2) is 4.98 Å². The number of rotatable bonds is 0. The first-order chi connectivity index (χ1) is 4.00. The van der Waals surface area contributed by atoms with Gasteiger partial charge in [0.15, 0.2) is 0 Å². The molecule has 1 aromatic rings. The fourth-order valence-electron chi connectivity index (χ4n) is 0.277. The maximum absolute atomic E-state index is 3.73. The number of hydrogen-bond acceptors (Lipinski definition) is 1. The summed E-state index contributed by atoms with van der Waals surface area (Å²) in [6, 6.07) is 6.43. The smallest absolute Gasteiger partial charge is 0.0558 e. The van der Waals surface area contributed by atoms with Crippen LogP contribution in [0.2, 0.25) is 0 Å². The molecule has 0 unspecified atom stereocenters. The zero-order valence-corrected chi connectivity index (χ0v) is 11.6. The molecule has 0 atom stereocenters. The molecule has 0 radical (unpaired) electrons. The Morgan fingerprint density at radius 3 is 2.10 bits per heavy atom. The molecule has 0 saturated carbocycles. The third-order valence-corrected chi connectivity index (χ3v) is 0.514. The average Bonchev–Trinajstić information content (AvgIpc) is 1.96. The number of aromatic nitrogens is 1. The molecule has 0 fully saturated rings. The standard InChI is InChI=1S/C5H4N.ClH.HI.Li.Zn/c1-2-4-6-5-3-1;;;;/h1-2,4-5H;2*1H;;/q-1;;;+1;+2/p-2. The van der Waals surface area contributed by atoms with Gasteiger partial charge in [0, 0.05) is 0 Å². The maximum Gasteiger partial charge on any atom is -0.0558 e. The summed E-state index contributed by atoms with van der Waals surface area (Å²) in [5.74, 6) is 0. The van der Waals surface area contributed by atoms with Crippen molar-refractivity contribution in [3.8, 4) is 0 Å². The van der Waals surface area contributed by atoms with Crippen LogP contribution in [0.3, 0.4) is 0 Å². The molecule has 0 aliphatic carbocycles. The zero-order valence-electron chi connectivity index (χ0n) is 5.72. The van der Waals surface area contributed by atoms with E-state index < -0.39 is 0 Å². The van der Waals surface area contributed by atoms with Gasteiger partial charge in [-0.3, -0.25) is 0 Å². The number of halogens is 2. The molecule has 1 heterocycles. The summed E-state index contributed by atoms with van der Waals surface area (Å²) < 4.78 is 0. The predicted octanol–water partition coefficient (Wildman–Crippen LogP) is -4.23. The fourth-order valence-corrected chi connectivity index (χ4v) is 0.277. The summed E-state index contributed by atoms with van der Waals surface area (Å²) in [4.78, 5) is 3.73. The summed E-state index contributed by atoms with van der Waals surface area (Å²) in [5.41, 5.74) is 0. The number of nitrogens with zero attached hydrogens (tertiary/aromatic N) is 1. The van der Waals surface area contributed by atoms with Gasteiger partial charge in [-0.05, 0) is 0 Å². The van der Waals surface area contributed by atoms with Crippen LogP contribution in [0.4, 0.5) is 0 Å². The van der Waals surface area contributed by atoms with Crippen LogP contribution in [0.5, 0.6) is 0 Å². The Morgan fingerprint density at radius 1 is 1.40 bits per heavy atom. The molecule has 0 amide bonds. The molecule has 0 aromatic carbocycles. The summed E-state index contributed by atoms with van der Waals surface area (Å²) >= 11 is 3.62. The van der Waals surface area contributed by atoms with Gasteiger partial charge in [-0.1, -0.05) is 12.4 Å². The van der Waals surface area contributed by atoms with Crippen molar-refractivity contribution >= 4 is 19.8 Å². The summed E-state index contributed by atoms with van der Waals surface area (Å²) in [6.45, 7) is 0. The van der Waals surface area contributed by atoms with Crippen LogP contribution in [0, 0.1) is 6.07 Å². The third-order valence-electron chi connectivity index (χ3n) is 0.514. The molecule has 1 nitrogen and oxygen atoms in total. The molecule has 0 spiro atoms. The Kier molecular flexibility index (Phi) is 29.3. The molecule has 1 aromatic heterocycles. The van der Waals surface area contributed by atoms with E-state index >= 15 is 0 Å². The first-order valence-electron chi connectivity index (χ1n) is 2.03. The van der Waals surface area contributed by atoms with Crippen molar-refractivity contribution in [2.45, 2.75) is 0 Å². The molecule has 1 rings (SSSR count). The van der Waals surface area contributed by atoms with Gasteiger partial charge in [-0.2, -0.15) is 6.07 Å². The van der Waals surface area contributed by atoms with Crippen molar-refractivity contribution in [2.24, 2.45) is 0 Å². The van der Waals surface area contributed by atoms with Crippen molar-refractivity contribution in [1.29, 1.82) is 0 Å². The molecule has 0 aliphatic rings. The third kappa shape index (κ3) is 12.1. The molecule has 0 saturated heterocycles. The van der Waals surface area contributed by atoms with E-state index in [2.05, 4.69) is 30.8 Å². The van der Waals surface area contributed by atoms with Crippen LogP contribution in [-0.2, 0) is 14.8 Å². The van der Waals surface area contributed by atoms with Gasteiger partial charge in [-0.15, -0.1) is 0 Å². The van der Waals surface area contributed by atoms with Gasteiger partial charge in [0.25, 0.3) is 0 Å². The van der Waals surface area contributed by atoms with E-state index in [9.17, 15) is 0 Å². The van der Waals surface area contributed by atoms with E-state index in [1.54, 1.807) is 12.4 Å². The van der Waals surface area contributed by atoms with Gasteiger partial charge < -0.3 is 17.4 Å². The maximum atomic E-state index is 3.73. The Balaban J connectivity index is -0.000000114. The first kappa shape index (κ1) is 17.5. The Bertz CT molecular complexity index is 93.6. The minimum atomic E-state index is 0. The SMILES string of the molecule is [Cl-].[Li+].[Zn+][I].[c-]1cccnc1.